The van der Waals surface area contributed by atoms with Crippen molar-refractivity contribution in [1.29, 1.82) is 0 Å². The fourth-order valence-electron chi connectivity index (χ4n) is 2.51. The number of pyridine rings is 1. The predicted octanol–water partition coefficient (Wildman–Crippen LogP) is 4.81. The Labute approximate surface area is 125 Å². The molecule has 0 saturated heterocycles. The molecule has 2 N–H and O–H groups in total. The SMILES string of the molecule is CCNc1nc(NCC2CCCCC2)c(Cl)cc1Cl. The highest BCUT2D eigenvalue weighted by molar-refractivity contribution is 6.37. The number of nitrogens with zero attached hydrogens (tertiary/aromatic N) is 1. The van der Waals surface area contributed by atoms with Crippen LogP contribution in [0.25, 0.3) is 0 Å². The fraction of sp³-hybridized carbons (Fsp3) is 0.643. The van der Waals surface area contributed by atoms with Crippen molar-refractivity contribution in [2.45, 2.75) is 39.0 Å². The van der Waals surface area contributed by atoms with Gasteiger partial charge in [0.2, 0.25) is 0 Å². The number of aromatic nitrogens is 1. The maximum atomic E-state index is 6.18. The van der Waals surface area contributed by atoms with Gasteiger partial charge in [-0.05, 0) is 31.7 Å². The van der Waals surface area contributed by atoms with Crippen LogP contribution in [0, 0.1) is 5.92 Å². The van der Waals surface area contributed by atoms with E-state index in [-0.39, 0.29) is 0 Å². The Bertz CT molecular complexity index is 417. The zero-order chi connectivity index (χ0) is 13.7. The molecule has 0 unspecified atom stereocenters. The Hall–Kier alpha value is -0.670. The van der Waals surface area contributed by atoms with Gasteiger partial charge in [0.05, 0.1) is 10.0 Å². The van der Waals surface area contributed by atoms with E-state index >= 15 is 0 Å². The van der Waals surface area contributed by atoms with Crippen molar-refractivity contribution in [1.82, 2.24) is 4.98 Å². The molecule has 1 fully saturated rings. The van der Waals surface area contributed by atoms with Crippen molar-refractivity contribution in [2.75, 3.05) is 23.7 Å². The maximum Gasteiger partial charge on any atom is 0.147 e. The van der Waals surface area contributed by atoms with Crippen LogP contribution in [-0.2, 0) is 0 Å². The van der Waals surface area contributed by atoms with Gasteiger partial charge in [-0.25, -0.2) is 4.98 Å². The molecule has 0 spiro atoms. The Morgan fingerprint density at radius 3 is 2.37 bits per heavy atom. The lowest BCUT2D eigenvalue weighted by molar-refractivity contribution is 0.373. The summed E-state index contributed by atoms with van der Waals surface area (Å²) in [6, 6.07) is 1.75. The van der Waals surface area contributed by atoms with Crippen molar-refractivity contribution in [3.05, 3.63) is 16.1 Å². The van der Waals surface area contributed by atoms with E-state index in [4.69, 9.17) is 23.2 Å². The van der Waals surface area contributed by atoms with Gasteiger partial charge in [-0.3, -0.25) is 0 Å². The number of anilines is 2. The Morgan fingerprint density at radius 1 is 1.11 bits per heavy atom. The van der Waals surface area contributed by atoms with Crippen LogP contribution in [0.5, 0.6) is 0 Å². The molecule has 0 atom stereocenters. The number of hydrogen-bond donors (Lipinski definition) is 2. The van der Waals surface area contributed by atoms with Crippen LogP contribution in [0.2, 0.25) is 10.0 Å². The molecule has 0 aliphatic heterocycles. The molecule has 3 nitrogen and oxygen atoms in total. The molecule has 0 amide bonds. The summed E-state index contributed by atoms with van der Waals surface area (Å²) in [6.45, 7) is 3.75. The highest BCUT2D eigenvalue weighted by Crippen LogP contribution is 2.30. The van der Waals surface area contributed by atoms with Gasteiger partial charge in [0, 0.05) is 13.1 Å². The van der Waals surface area contributed by atoms with E-state index in [0.29, 0.717) is 15.9 Å². The maximum absolute atomic E-state index is 6.18. The Balaban J connectivity index is 2.00. The summed E-state index contributed by atoms with van der Waals surface area (Å²) in [5.41, 5.74) is 0. The minimum absolute atomic E-state index is 0.565. The van der Waals surface area contributed by atoms with E-state index in [2.05, 4.69) is 15.6 Å². The van der Waals surface area contributed by atoms with Crippen LogP contribution >= 0.6 is 23.2 Å². The van der Waals surface area contributed by atoms with Gasteiger partial charge in [-0.1, -0.05) is 42.5 Å². The smallest absolute Gasteiger partial charge is 0.147 e. The van der Waals surface area contributed by atoms with E-state index in [1.165, 1.54) is 32.1 Å². The molecule has 2 rings (SSSR count). The summed E-state index contributed by atoms with van der Waals surface area (Å²) in [5, 5.41) is 7.66. The summed E-state index contributed by atoms with van der Waals surface area (Å²) in [4.78, 5) is 4.46. The molecule has 1 aromatic heterocycles. The summed E-state index contributed by atoms with van der Waals surface area (Å²) in [6.07, 6.45) is 6.67. The third-order valence-electron chi connectivity index (χ3n) is 3.56. The standard InChI is InChI=1S/C14H21Cl2N3/c1-2-17-13-11(15)8-12(16)14(19-13)18-9-10-6-4-3-5-7-10/h8,10H,2-7,9H2,1H3,(H2,17,18,19). The second-order valence-electron chi connectivity index (χ2n) is 5.06. The van der Waals surface area contributed by atoms with E-state index in [1.807, 2.05) is 6.92 Å². The van der Waals surface area contributed by atoms with Crippen molar-refractivity contribution in [3.63, 3.8) is 0 Å². The second-order valence-corrected chi connectivity index (χ2v) is 5.88. The third-order valence-corrected chi connectivity index (χ3v) is 4.13. The molecule has 1 saturated carbocycles. The summed E-state index contributed by atoms with van der Waals surface area (Å²) in [5.74, 6) is 2.16. The quantitative estimate of drug-likeness (QED) is 0.819. The Morgan fingerprint density at radius 2 is 1.74 bits per heavy atom. The van der Waals surface area contributed by atoms with Crippen LogP contribution < -0.4 is 10.6 Å². The van der Waals surface area contributed by atoms with Gasteiger partial charge in [0.1, 0.15) is 11.6 Å². The molecule has 0 radical (unpaired) electrons. The van der Waals surface area contributed by atoms with Crippen molar-refractivity contribution in [3.8, 4) is 0 Å². The first-order valence-corrected chi connectivity index (χ1v) is 7.80. The molecule has 0 aromatic carbocycles. The van der Waals surface area contributed by atoms with E-state index in [9.17, 15) is 0 Å². The lowest BCUT2D eigenvalue weighted by Gasteiger charge is -2.22. The molecule has 0 bridgehead atoms. The van der Waals surface area contributed by atoms with Crippen LogP contribution in [-0.4, -0.2) is 18.1 Å². The number of hydrogen-bond acceptors (Lipinski definition) is 3. The molecule has 1 heterocycles. The molecule has 1 aliphatic carbocycles. The monoisotopic (exact) mass is 301 g/mol. The van der Waals surface area contributed by atoms with E-state index in [1.54, 1.807) is 6.07 Å². The zero-order valence-electron chi connectivity index (χ0n) is 11.3. The lowest BCUT2D eigenvalue weighted by Crippen LogP contribution is -2.18. The van der Waals surface area contributed by atoms with Crippen molar-refractivity contribution in [2.24, 2.45) is 5.92 Å². The second kappa shape index (κ2) is 7.20. The molecular weight excluding hydrogens is 281 g/mol. The van der Waals surface area contributed by atoms with Gasteiger partial charge < -0.3 is 10.6 Å². The van der Waals surface area contributed by atoms with Crippen LogP contribution in [0.4, 0.5) is 11.6 Å². The van der Waals surface area contributed by atoms with Crippen molar-refractivity contribution >= 4 is 34.8 Å². The van der Waals surface area contributed by atoms with Crippen LogP contribution in [0.1, 0.15) is 39.0 Å². The van der Waals surface area contributed by atoms with Gasteiger partial charge in [0.15, 0.2) is 0 Å². The molecule has 5 heteroatoms. The number of nitrogens with one attached hydrogen (secondary N) is 2. The largest absolute Gasteiger partial charge is 0.369 e. The summed E-state index contributed by atoms with van der Waals surface area (Å²) in [7, 11) is 0. The van der Waals surface area contributed by atoms with Crippen molar-refractivity contribution < 1.29 is 0 Å². The first-order chi connectivity index (χ1) is 9.20. The predicted molar refractivity (Wildman–Crippen MR) is 83.5 cm³/mol. The van der Waals surface area contributed by atoms with E-state index < -0.39 is 0 Å². The first-order valence-electron chi connectivity index (χ1n) is 7.04. The zero-order valence-corrected chi connectivity index (χ0v) is 12.8. The summed E-state index contributed by atoms with van der Waals surface area (Å²) >= 11 is 12.3. The Kier molecular flexibility index (Phi) is 5.59. The molecule has 19 heavy (non-hydrogen) atoms. The van der Waals surface area contributed by atoms with Gasteiger partial charge in [0.25, 0.3) is 0 Å². The van der Waals surface area contributed by atoms with Gasteiger partial charge in [-0.2, -0.15) is 0 Å². The van der Waals surface area contributed by atoms with Crippen LogP contribution in [0.15, 0.2) is 6.07 Å². The number of rotatable bonds is 5. The molecule has 1 aromatic rings. The average molecular weight is 302 g/mol. The minimum atomic E-state index is 0.565. The molecule has 1 aliphatic rings. The highest BCUT2D eigenvalue weighted by Gasteiger charge is 2.15. The molecular formula is C14H21Cl2N3. The number of halogens is 2. The normalized spacial score (nSPS) is 16.4. The lowest BCUT2D eigenvalue weighted by atomic mass is 9.89. The van der Waals surface area contributed by atoms with Gasteiger partial charge >= 0.3 is 0 Å². The summed E-state index contributed by atoms with van der Waals surface area (Å²) < 4.78 is 0. The fourth-order valence-corrected chi connectivity index (χ4v) is 3.01. The third kappa shape index (κ3) is 4.15. The van der Waals surface area contributed by atoms with E-state index in [0.717, 1.165) is 24.8 Å². The van der Waals surface area contributed by atoms with Gasteiger partial charge in [-0.15, -0.1) is 0 Å². The molecule has 106 valence electrons. The highest BCUT2D eigenvalue weighted by atomic mass is 35.5. The minimum Gasteiger partial charge on any atom is -0.369 e. The topological polar surface area (TPSA) is 37.0 Å². The first kappa shape index (κ1) is 14.7. The van der Waals surface area contributed by atoms with Crippen LogP contribution in [0.3, 0.4) is 0 Å². The average Bonchev–Trinajstić information content (AvgIpc) is 2.42.